The summed E-state index contributed by atoms with van der Waals surface area (Å²) in [6, 6.07) is 15.6. The maximum atomic E-state index is 8.17. The van der Waals surface area contributed by atoms with E-state index >= 15 is 0 Å². The fraction of sp³-hybridized carbons (Fsp3) is 0.0714. The zero-order valence-corrected chi connectivity index (χ0v) is 9.91. The molecule has 0 unspecified atom stereocenters. The van der Waals surface area contributed by atoms with Gasteiger partial charge in [-0.2, -0.15) is 0 Å². The first kappa shape index (κ1) is 10.4. The maximum Gasteiger partial charge on any atom is 0.133 e. The lowest BCUT2D eigenvalue weighted by molar-refractivity contribution is 1.05. The van der Waals surface area contributed by atoms with E-state index in [9.17, 15) is 0 Å². The average molecular weight is 243 g/mol. The molecule has 84 valence electrons. The zero-order valence-electron chi connectivity index (χ0n) is 9.15. The minimum Gasteiger partial charge on any atom is -0.322 e. The van der Waals surface area contributed by atoms with E-state index in [1.165, 1.54) is 5.56 Å². The summed E-state index contributed by atoms with van der Waals surface area (Å²) in [5, 5.41) is 8.89. The predicted molar refractivity (Wildman–Crippen MR) is 70.9 cm³/mol. The Kier molecular flexibility index (Phi) is 2.37. The molecule has 1 aliphatic heterocycles. The number of nitrogens with zero attached hydrogens (tertiary/aromatic N) is 1. The van der Waals surface area contributed by atoms with Gasteiger partial charge in [0.05, 0.1) is 6.54 Å². The second-order valence-electron chi connectivity index (χ2n) is 4.07. The summed E-state index contributed by atoms with van der Waals surface area (Å²) in [5.74, 6) is 0.558. The van der Waals surface area contributed by atoms with Crippen molar-refractivity contribution in [2.75, 3.05) is 4.90 Å². The molecular formula is C14H11ClN2. The van der Waals surface area contributed by atoms with Gasteiger partial charge in [0, 0.05) is 16.3 Å². The van der Waals surface area contributed by atoms with Crippen LogP contribution in [0.25, 0.3) is 0 Å². The molecule has 0 bridgehead atoms. The van der Waals surface area contributed by atoms with Crippen molar-refractivity contribution in [1.82, 2.24) is 0 Å². The van der Waals surface area contributed by atoms with Crippen molar-refractivity contribution in [3.8, 4) is 0 Å². The molecule has 0 saturated carbocycles. The Morgan fingerprint density at radius 1 is 1.00 bits per heavy atom. The molecule has 0 amide bonds. The second kappa shape index (κ2) is 3.90. The zero-order chi connectivity index (χ0) is 11.8. The lowest BCUT2D eigenvalue weighted by Crippen LogP contribution is -2.22. The van der Waals surface area contributed by atoms with Crippen molar-refractivity contribution >= 4 is 23.1 Å². The minimum atomic E-state index is 0.558. The molecule has 1 heterocycles. The lowest BCUT2D eigenvalue weighted by Gasteiger charge is -2.17. The highest BCUT2D eigenvalue weighted by atomic mass is 35.5. The first-order valence-electron chi connectivity index (χ1n) is 5.45. The topological polar surface area (TPSA) is 27.1 Å². The summed E-state index contributed by atoms with van der Waals surface area (Å²) in [5.41, 5.74) is 3.23. The van der Waals surface area contributed by atoms with Crippen LogP contribution < -0.4 is 4.90 Å². The SMILES string of the molecule is N=C1c2ccccc2CN1c1ccc(Cl)cc1. The number of rotatable bonds is 1. The molecule has 0 atom stereocenters. The van der Waals surface area contributed by atoms with Crippen LogP contribution in [0, 0.1) is 5.41 Å². The van der Waals surface area contributed by atoms with Crippen molar-refractivity contribution in [2.45, 2.75) is 6.54 Å². The summed E-state index contributed by atoms with van der Waals surface area (Å²) >= 11 is 5.87. The minimum absolute atomic E-state index is 0.558. The van der Waals surface area contributed by atoms with Crippen LogP contribution in [0.5, 0.6) is 0 Å². The normalized spacial score (nSPS) is 13.9. The monoisotopic (exact) mass is 242 g/mol. The molecule has 0 aromatic heterocycles. The molecular weight excluding hydrogens is 232 g/mol. The van der Waals surface area contributed by atoms with E-state index in [0.717, 1.165) is 22.8 Å². The molecule has 1 N–H and O–H groups in total. The maximum absolute atomic E-state index is 8.17. The molecule has 0 aliphatic carbocycles. The van der Waals surface area contributed by atoms with Gasteiger partial charge in [0.25, 0.3) is 0 Å². The predicted octanol–water partition coefficient (Wildman–Crippen LogP) is 3.69. The Morgan fingerprint density at radius 2 is 1.71 bits per heavy atom. The fourth-order valence-corrected chi connectivity index (χ4v) is 2.25. The lowest BCUT2D eigenvalue weighted by atomic mass is 10.1. The Bertz CT molecular complexity index is 575. The third-order valence-electron chi connectivity index (χ3n) is 3.01. The van der Waals surface area contributed by atoms with Gasteiger partial charge in [-0.05, 0) is 29.8 Å². The van der Waals surface area contributed by atoms with Crippen LogP contribution in [0.4, 0.5) is 5.69 Å². The first-order chi connectivity index (χ1) is 8.25. The van der Waals surface area contributed by atoms with Gasteiger partial charge in [-0.1, -0.05) is 35.9 Å². The number of fused-ring (bicyclic) bond motifs is 1. The molecule has 1 aliphatic rings. The van der Waals surface area contributed by atoms with Crippen molar-refractivity contribution in [3.05, 3.63) is 64.7 Å². The quantitative estimate of drug-likeness (QED) is 0.811. The highest BCUT2D eigenvalue weighted by Crippen LogP contribution is 2.28. The molecule has 2 aromatic rings. The highest BCUT2D eigenvalue weighted by Gasteiger charge is 2.24. The number of hydrogen-bond acceptors (Lipinski definition) is 1. The molecule has 3 rings (SSSR count). The van der Waals surface area contributed by atoms with Gasteiger partial charge in [-0.15, -0.1) is 0 Å². The van der Waals surface area contributed by atoms with Crippen LogP contribution in [-0.4, -0.2) is 5.84 Å². The van der Waals surface area contributed by atoms with Gasteiger partial charge in [-0.25, -0.2) is 0 Å². The second-order valence-corrected chi connectivity index (χ2v) is 4.50. The smallest absolute Gasteiger partial charge is 0.133 e. The Labute approximate surface area is 105 Å². The standard InChI is InChI=1S/C14H11ClN2/c15-11-5-7-12(8-6-11)17-9-10-3-1-2-4-13(10)14(17)16/h1-8,16H,9H2. The summed E-state index contributed by atoms with van der Waals surface area (Å²) in [6.07, 6.45) is 0. The largest absolute Gasteiger partial charge is 0.322 e. The number of anilines is 1. The summed E-state index contributed by atoms with van der Waals surface area (Å²) in [6.45, 7) is 0.761. The number of nitrogens with one attached hydrogen (secondary N) is 1. The van der Waals surface area contributed by atoms with Crippen LogP contribution >= 0.6 is 11.6 Å². The first-order valence-corrected chi connectivity index (χ1v) is 5.83. The van der Waals surface area contributed by atoms with Crippen LogP contribution in [0.3, 0.4) is 0 Å². The van der Waals surface area contributed by atoms with E-state index in [0.29, 0.717) is 5.84 Å². The van der Waals surface area contributed by atoms with E-state index in [1.54, 1.807) is 0 Å². The average Bonchev–Trinajstić information content (AvgIpc) is 2.69. The van der Waals surface area contributed by atoms with E-state index in [4.69, 9.17) is 17.0 Å². The van der Waals surface area contributed by atoms with Crippen LogP contribution in [0.15, 0.2) is 48.5 Å². The van der Waals surface area contributed by atoms with Gasteiger partial charge in [-0.3, -0.25) is 5.41 Å². The number of halogens is 1. The molecule has 0 radical (unpaired) electrons. The number of amidine groups is 1. The van der Waals surface area contributed by atoms with Gasteiger partial charge < -0.3 is 4.90 Å². The molecule has 3 heteroatoms. The molecule has 0 saturated heterocycles. The van der Waals surface area contributed by atoms with Crippen LogP contribution in [0.2, 0.25) is 5.02 Å². The summed E-state index contributed by atoms with van der Waals surface area (Å²) in [4.78, 5) is 1.99. The van der Waals surface area contributed by atoms with Crippen molar-refractivity contribution in [2.24, 2.45) is 0 Å². The van der Waals surface area contributed by atoms with E-state index < -0.39 is 0 Å². The van der Waals surface area contributed by atoms with Crippen LogP contribution in [0.1, 0.15) is 11.1 Å². The number of benzene rings is 2. The molecule has 0 fully saturated rings. The number of hydrogen-bond donors (Lipinski definition) is 1. The molecule has 2 nitrogen and oxygen atoms in total. The van der Waals surface area contributed by atoms with Crippen LogP contribution in [-0.2, 0) is 6.54 Å². The fourth-order valence-electron chi connectivity index (χ4n) is 2.13. The third kappa shape index (κ3) is 1.71. The van der Waals surface area contributed by atoms with Gasteiger partial charge >= 0.3 is 0 Å². The third-order valence-corrected chi connectivity index (χ3v) is 3.26. The van der Waals surface area contributed by atoms with E-state index in [-0.39, 0.29) is 0 Å². The summed E-state index contributed by atoms with van der Waals surface area (Å²) in [7, 11) is 0. The van der Waals surface area contributed by atoms with Gasteiger partial charge in [0.2, 0.25) is 0 Å². The van der Waals surface area contributed by atoms with Crippen molar-refractivity contribution in [1.29, 1.82) is 5.41 Å². The van der Waals surface area contributed by atoms with Gasteiger partial charge in [0.15, 0.2) is 0 Å². The van der Waals surface area contributed by atoms with E-state index in [1.807, 2.05) is 47.4 Å². The Hall–Kier alpha value is -1.80. The summed E-state index contributed by atoms with van der Waals surface area (Å²) < 4.78 is 0. The molecule has 2 aromatic carbocycles. The molecule has 0 spiro atoms. The van der Waals surface area contributed by atoms with Gasteiger partial charge in [0.1, 0.15) is 5.84 Å². The Balaban J connectivity index is 1.99. The van der Waals surface area contributed by atoms with E-state index in [2.05, 4.69) is 6.07 Å². The highest BCUT2D eigenvalue weighted by molar-refractivity contribution is 6.30. The molecule has 17 heavy (non-hydrogen) atoms. The van der Waals surface area contributed by atoms with Crippen molar-refractivity contribution in [3.63, 3.8) is 0 Å². The Morgan fingerprint density at radius 3 is 2.41 bits per heavy atom. The van der Waals surface area contributed by atoms with Crippen molar-refractivity contribution < 1.29 is 0 Å².